The summed E-state index contributed by atoms with van der Waals surface area (Å²) >= 11 is 3.35. The molecule has 5 heteroatoms. The van der Waals surface area contributed by atoms with Crippen LogP contribution in [0.4, 0.5) is 5.82 Å². The highest BCUT2D eigenvalue weighted by atomic mass is 32.2. The second-order valence-corrected chi connectivity index (χ2v) is 5.08. The number of hydrogen-bond acceptors (Lipinski definition) is 5. The Balaban J connectivity index is 2.11. The van der Waals surface area contributed by atoms with Crippen LogP contribution in [-0.4, -0.2) is 16.5 Å². The third-order valence-corrected chi connectivity index (χ3v) is 3.61. The first-order chi connectivity index (χ1) is 7.38. The van der Waals surface area contributed by atoms with Gasteiger partial charge in [-0.05, 0) is 18.4 Å². The SMILES string of the molecule is CCNc1cncc(Sc2cccs2)n1. The minimum Gasteiger partial charge on any atom is -0.369 e. The molecule has 0 saturated heterocycles. The maximum absolute atomic E-state index is 4.43. The van der Waals surface area contributed by atoms with Gasteiger partial charge in [-0.1, -0.05) is 17.8 Å². The molecule has 0 aromatic carbocycles. The van der Waals surface area contributed by atoms with Crippen LogP contribution in [0.15, 0.2) is 39.1 Å². The zero-order valence-electron chi connectivity index (χ0n) is 8.30. The van der Waals surface area contributed by atoms with Gasteiger partial charge in [0.2, 0.25) is 0 Å². The van der Waals surface area contributed by atoms with E-state index in [1.54, 1.807) is 35.5 Å². The molecular weight excluding hydrogens is 226 g/mol. The molecule has 78 valence electrons. The standard InChI is InChI=1S/C10H11N3S2/c1-2-12-8-6-11-7-9(13-8)15-10-4-3-5-14-10/h3-7H,2H2,1H3,(H,12,13). The molecule has 0 bridgehead atoms. The zero-order valence-corrected chi connectivity index (χ0v) is 9.94. The Morgan fingerprint density at radius 1 is 1.47 bits per heavy atom. The predicted octanol–water partition coefficient (Wildman–Crippen LogP) is 3.12. The summed E-state index contributed by atoms with van der Waals surface area (Å²) in [5.41, 5.74) is 0. The Labute approximate surface area is 97.0 Å². The summed E-state index contributed by atoms with van der Waals surface area (Å²) in [7, 11) is 0. The largest absolute Gasteiger partial charge is 0.369 e. The Morgan fingerprint density at radius 3 is 3.13 bits per heavy atom. The van der Waals surface area contributed by atoms with Crippen molar-refractivity contribution in [3.8, 4) is 0 Å². The summed E-state index contributed by atoms with van der Waals surface area (Å²) in [6.07, 6.45) is 3.52. The van der Waals surface area contributed by atoms with Gasteiger partial charge in [0.05, 0.1) is 16.6 Å². The molecule has 0 radical (unpaired) electrons. The fourth-order valence-corrected chi connectivity index (χ4v) is 2.76. The van der Waals surface area contributed by atoms with E-state index in [9.17, 15) is 0 Å². The Bertz CT molecular complexity index is 414. The predicted molar refractivity (Wildman–Crippen MR) is 64.6 cm³/mol. The molecule has 0 saturated carbocycles. The van der Waals surface area contributed by atoms with Crippen molar-refractivity contribution in [1.82, 2.24) is 9.97 Å². The normalized spacial score (nSPS) is 10.2. The van der Waals surface area contributed by atoms with Gasteiger partial charge < -0.3 is 5.32 Å². The van der Waals surface area contributed by atoms with E-state index in [2.05, 4.69) is 26.7 Å². The molecule has 0 aliphatic rings. The summed E-state index contributed by atoms with van der Waals surface area (Å²) in [6.45, 7) is 2.91. The van der Waals surface area contributed by atoms with Gasteiger partial charge in [-0.25, -0.2) is 4.98 Å². The quantitative estimate of drug-likeness (QED) is 0.886. The smallest absolute Gasteiger partial charge is 0.145 e. The lowest BCUT2D eigenvalue weighted by Crippen LogP contribution is -1.99. The van der Waals surface area contributed by atoms with Crippen LogP contribution in [0.2, 0.25) is 0 Å². The highest BCUT2D eigenvalue weighted by Crippen LogP contribution is 2.29. The average molecular weight is 237 g/mol. The molecular formula is C10H11N3S2. The van der Waals surface area contributed by atoms with E-state index in [0.29, 0.717) is 0 Å². The number of nitrogens with zero attached hydrogens (tertiary/aromatic N) is 2. The van der Waals surface area contributed by atoms with Crippen molar-refractivity contribution in [2.45, 2.75) is 16.2 Å². The number of hydrogen-bond donors (Lipinski definition) is 1. The molecule has 0 aliphatic carbocycles. The van der Waals surface area contributed by atoms with Gasteiger partial charge in [0, 0.05) is 6.54 Å². The van der Waals surface area contributed by atoms with Gasteiger partial charge in [0.25, 0.3) is 0 Å². The molecule has 0 atom stereocenters. The van der Waals surface area contributed by atoms with Gasteiger partial charge in [-0.2, -0.15) is 0 Å². The van der Waals surface area contributed by atoms with Gasteiger partial charge in [0.1, 0.15) is 10.8 Å². The third kappa shape index (κ3) is 2.94. The summed E-state index contributed by atoms with van der Waals surface area (Å²) in [4.78, 5) is 8.58. The first-order valence-electron chi connectivity index (χ1n) is 4.66. The summed E-state index contributed by atoms with van der Waals surface area (Å²) in [6, 6.07) is 4.12. The van der Waals surface area contributed by atoms with Gasteiger partial charge >= 0.3 is 0 Å². The molecule has 2 aromatic rings. The molecule has 2 heterocycles. The Kier molecular flexibility index (Phi) is 3.58. The molecule has 3 nitrogen and oxygen atoms in total. The minimum absolute atomic E-state index is 0.832. The lowest BCUT2D eigenvalue weighted by molar-refractivity contribution is 1.03. The first kappa shape index (κ1) is 10.4. The van der Waals surface area contributed by atoms with Crippen molar-refractivity contribution < 1.29 is 0 Å². The monoisotopic (exact) mass is 237 g/mol. The second kappa shape index (κ2) is 5.14. The van der Waals surface area contributed by atoms with Crippen molar-refractivity contribution in [3.63, 3.8) is 0 Å². The van der Waals surface area contributed by atoms with E-state index in [4.69, 9.17) is 0 Å². The summed E-state index contributed by atoms with van der Waals surface area (Å²) in [5.74, 6) is 0.832. The Hall–Kier alpha value is -1.07. The van der Waals surface area contributed by atoms with E-state index in [-0.39, 0.29) is 0 Å². The molecule has 0 spiro atoms. The molecule has 2 rings (SSSR count). The van der Waals surface area contributed by atoms with E-state index in [0.717, 1.165) is 17.4 Å². The second-order valence-electron chi connectivity index (χ2n) is 2.81. The highest BCUT2D eigenvalue weighted by Gasteiger charge is 2.01. The van der Waals surface area contributed by atoms with Gasteiger partial charge in [-0.3, -0.25) is 4.98 Å². The average Bonchev–Trinajstić information content (AvgIpc) is 2.71. The number of nitrogens with one attached hydrogen (secondary N) is 1. The maximum atomic E-state index is 4.43. The van der Waals surface area contributed by atoms with E-state index >= 15 is 0 Å². The van der Waals surface area contributed by atoms with Crippen LogP contribution in [0.5, 0.6) is 0 Å². The molecule has 0 amide bonds. The number of thiophene rings is 1. The van der Waals surface area contributed by atoms with Crippen LogP contribution in [0.25, 0.3) is 0 Å². The fourth-order valence-electron chi connectivity index (χ4n) is 1.09. The number of aromatic nitrogens is 2. The Morgan fingerprint density at radius 2 is 2.40 bits per heavy atom. The summed E-state index contributed by atoms with van der Waals surface area (Å²) < 4.78 is 1.23. The zero-order chi connectivity index (χ0) is 10.5. The molecule has 15 heavy (non-hydrogen) atoms. The lowest BCUT2D eigenvalue weighted by atomic mass is 10.6. The van der Waals surface area contributed by atoms with Gasteiger partial charge in [0.15, 0.2) is 0 Å². The first-order valence-corrected chi connectivity index (χ1v) is 6.35. The van der Waals surface area contributed by atoms with Crippen LogP contribution < -0.4 is 5.32 Å². The molecule has 0 fully saturated rings. The van der Waals surface area contributed by atoms with Crippen LogP contribution in [0, 0.1) is 0 Å². The van der Waals surface area contributed by atoms with Crippen LogP contribution in [-0.2, 0) is 0 Å². The van der Waals surface area contributed by atoms with Gasteiger partial charge in [-0.15, -0.1) is 11.3 Å². The molecule has 0 unspecified atom stereocenters. The van der Waals surface area contributed by atoms with Crippen molar-refractivity contribution in [3.05, 3.63) is 29.9 Å². The summed E-state index contributed by atoms with van der Waals surface area (Å²) in [5, 5.41) is 6.13. The fraction of sp³-hybridized carbons (Fsp3) is 0.200. The molecule has 2 aromatic heterocycles. The van der Waals surface area contributed by atoms with E-state index < -0.39 is 0 Å². The van der Waals surface area contributed by atoms with Crippen LogP contribution in [0.1, 0.15) is 6.92 Å². The van der Waals surface area contributed by atoms with Crippen LogP contribution in [0.3, 0.4) is 0 Å². The number of anilines is 1. The molecule has 0 aliphatic heterocycles. The number of rotatable bonds is 4. The lowest BCUT2D eigenvalue weighted by Gasteiger charge is -2.02. The van der Waals surface area contributed by atoms with Crippen LogP contribution >= 0.6 is 23.1 Å². The third-order valence-electron chi connectivity index (χ3n) is 1.67. The van der Waals surface area contributed by atoms with Crippen molar-refractivity contribution in [1.29, 1.82) is 0 Å². The van der Waals surface area contributed by atoms with Crippen molar-refractivity contribution in [2.75, 3.05) is 11.9 Å². The maximum Gasteiger partial charge on any atom is 0.145 e. The topological polar surface area (TPSA) is 37.8 Å². The highest BCUT2D eigenvalue weighted by molar-refractivity contribution is 8.01. The minimum atomic E-state index is 0.832. The van der Waals surface area contributed by atoms with E-state index in [1.807, 2.05) is 13.0 Å². The van der Waals surface area contributed by atoms with Crippen molar-refractivity contribution >= 4 is 28.9 Å². The van der Waals surface area contributed by atoms with E-state index in [1.165, 1.54) is 4.21 Å². The van der Waals surface area contributed by atoms with Crippen molar-refractivity contribution in [2.24, 2.45) is 0 Å². The molecule has 1 N–H and O–H groups in total.